The molecule has 1 fully saturated rings. The molecule has 180 valence electrons. The van der Waals surface area contributed by atoms with Crippen molar-refractivity contribution in [1.29, 1.82) is 0 Å². The fourth-order valence-electron chi connectivity index (χ4n) is 2.91. The van der Waals surface area contributed by atoms with Gasteiger partial charge in [-0.05, 0) is 48.0 Å². The maximum atomic E-state index is 14.3. The molecule has 1 aliphatic rings. The lowest BCUT2D eigenvalue weighted by atomic mass is 10.1. The van der Waals surface area contributed by atoms with Gasteiger partial charge >= 0.3 is 6.16 Å². The summed E-state index contributed by atoms with van der Waals surface area (Å²) >= 11 is 3.31. The molecular formula is C20H23BrFN3O7S. The highest BCUT2D eigenvalue weighted by atomic mass is 79.9. The third-order valence-electron chi connectivity index (χ3n) is 4.48. The van der Waals surface area contributed by atoms with Crippen LogP contribution in [0.4, 0.5) is 9.18 Å². The Morgan fingerprint density at radius 2 is 1.88 bits per heavy atom. The van der Waals surface area contributed by atoms with E-state index in [4.69, 9.17) is 19.0 Å². The average molecular weight is 548 g/mol. The summed E-state index contributed by atoms with van der Waals surface area (Å²) in [6.07, 6.45) is 2.08. The largest absolute Gasteiger partial charge is 0.528 e. The molecule has 0 spiro atoms. The smallest absolute Gasteiger partial charge is 0.473 e. The van der Waals surface area contributed by atoms with Crippen LogP contribution in [0.15, 0.2) is 33.9 Å². The Morgan fingerprint density at radius 1 is 1.21 bits per heavy atom. The van der Waals surface area contributed by atoms with Gasteiger partial charge in [0.05, 0.1) is 11.0 Å². The summed E-state index contributed by atoms with van der Waals surface area (Å²) in [5, 5.41) is 1.51. The van der Waals surface area contributed by atoms with Crippen molar-refractivity contribution >= 4 is 31.9 Å². The van der Waals surface area contributed by atoms with E-state index in [0.717, 1.165) is 12.3 Å². The normalized spacial score (nSPS) is 15.3. The molecular weight excluding hydrogens is 525 g/mol. The first-order valence-electron chi connectivity index (χ1n) is 10.0. The van der Waals surface area contributed by atoms with Gasteiger partial charge in [-0.2, -0.15) is 0 Å². The van der Waals surface area contributed by atoms with E-state index < -0.39 is 21.8 Å². The molecule has 2 heterocycles. The summed E-state index contributed by atoms with van der Waals surface area (Å²) < 4.78 is 54.1. The van der Waals surface area contributed by atoms with E-state index in [1.54, 1.807) is 13.8 Å². The Hall–Kier alpha value is -2.51. The number of ether oxygens (including phenoxy) is 3. The Morgan fingerprint density at radius 3 is 2.48 bits per heavy atom. The van der Waals surface area contributed by atoms with Crippen molar-refractivity contribution in [1.82, 2.24) is 15.0 Å². The van der Waals surface area contributed by atoms with Crippen LogP contribution in [0.2, 0.25) is 0 Å². The molecule has 1 aliphatic heterocycles. The SMILES string of the molecule is CC(C)OC(=O)ON1CCC(Oc2ncnc(Oc3ccc(S(C)(=O)=O)cc3F)c2Br)CC1. The summed E-state index contributed by atoms with van der Waals surface area (Å²) in [4.78, 5) is 24.7. The number of hydroxylamine groups is 2. The van der Waals surface area contributed by atoms with Crippen LogP contribution in [0.1, 0.15) is 26.7 Å². The van der Waals surface area contributed by atoms with Crippen LogP contribution in [-0.4, -0.2) is 61.2 Å². The lowest BCUT2D eigenvalue weighted by Gasteiger charge is -2.30. The average Bonchev–Trinajstić information content (AvgIpc) is 2.72. The maximum Gasteiger partial charge on any atom is 0.528 e. The fourth-order valence-corrected chi connectivity index (χ4v) is 3.92. The second kappa shape index (κ2) is 10.6. The molecule has 0 aliphatic carbocycles. The van der Waals surface area contributed by atoms with Crippen molar-refractivity contribution in [2.24, 2.45) is 0 Å². The second-order valence-corrected chi connectivity index (χ2v) is 10.3. The molecule has 1 aromatic heterocycles. The molecule has 0 unspecified atom stereocenters. The molecule has 3 rings (SSSR count). The van der Waals surface area contributed by atoms with Gasteiger partial charge in [0, 0.05) is 32.2 Å². The zero-order valence-electron chi connectivity index (χ0n) is 18.2. The van der Waals surface area contributed by atoms with Crippen molar-refractivity contribution in [3.63, 3.8) is 0 Å². The molecule has 0 amide bonds. The molecule has 1 saturated heterocycles. The highest BCUT2D eigenvalue weighted by Crippen LogP contribution is 2.35. The van der Waals surface area contributed by atoms with Gasteiger partial charge in [-0.15, -0.1) is 5.06 Å². The quantitative estimate of drug-likeness (QED) is 0.472. The minimum atomic E-state index is -3.55. The second-order valence-electron chi connectivity index (χ2n) is 7.52. The van der Waals surface area contributed by atoms with E-state index in [9.17, 15) is 17.6 Å². The van der Waals surface area contributed by atoms with Crippen molar-refractivity contribution in [3.8, 4) is 17.5 Å². The van der Waals surface area contributed by atoms with Gasteiger partial charge < -0.3 is 19.0 Å². The van der Waals surface area contributed by atoms with Crippen LogP contribution in [0.25, 0.3) is 0 Å². The monoisotopic (exact) mass is 547 g/mol. The van der Waals surface area contributed by atoms with Gasteiger partial charge in [0.15, 0.2) is 21.4 Å². The molecule has 0 saturated carbocycles. The van der Waals surface area contributed by atoms with Crippen LogP contribution in [0, 0.1) is 5.82 Å². The first kappa shape index (κ1) is 25.1. The summed E-state index contributed by atoms with van der Waals surface area (Å²) in [5.41, 5.74) is 0. The number of carbonyl (C=O) groups is 1. The summed E-state index contributed by atoms with van der Waals surface area (Å²) in [6.45, 7) is 4.36. The molecule has 0 bridgehead atoms. The van der Waals surface area contributed by atoms with E-state index in [1.807, 2.05) is 0 Å². The highest BCUT2D eigenvalue weighted by molar-refractivity contribution is 9.10. The van der Waals surface area contributed by atoms with Gasteiger partial charge in [-0.25, -0.2) is 27.6 Å². The molecule has 2 aromatic rings. The zero-order valence-corrected chi connectivity index (χ0v) is 20.6. The van der Waals surface area contributed by atoms with Crippen LogP contribution in [0.3, 0.4) is 0 Å². The number of halogens is 2. The Bertz CT molecular complexity index is 1110. The number of piperidine rings is 1. The number of rotatable bonds is 7. The molecule has 10 nitrogen and oxygen atoms in total. The van der Waals surface area contributed by atoms with Gasteiger partial charge in [-0.1, -0.05) is 0 Å². The number of sulfone groups is 1. The topological polar surface area (TPSA) is 117 Å². The van der Waals surface area contributed by atoms with Gasteiger partial charge in [0.2, 0.25) is 11.8 Å². The summed E-state index contributed by atoms with van der Waals surface area (Å²) in [6, 6.07) is 3.33. The van der Waals surface area contributed by atoms with Gasteiger partial charge in [0.25, 0.3) is 0 Å². The van der Waals surface area contributed by atoms with E-state index >= 15 is 0 Å². The van der Waals surface area contributed by atoms with Crippen molar-refractivity contribution in [2.45, 2.75) is 43.8 Å². The van der Waals surface area contributed by atoms with Crippen LogP contribution >= 0.6 is 15.9 Å². The minimum Gasteiger partial charge on any atom is -0.473 e. The van der Waals surface area contributed by atoms with Crippen molar-refractivity contribution in [3.05, 3.63) is 34.8 Å². The number of benzene rings is 1. The number of hydrogen-bond acceptors (Lipinski definition) is 10. The maximum absolute atomic E-state index is 14.3. The van der Waals surface area contributed by atoms with E-state index in [0.29, 0.717) is 25.9 Å². The molecule has 13 heteroatoms. The van der Waals surface area contributed by atoms with Crippen LogP contribution in [-0.2, 0) is 19.4 Å². The number of nitrogens with zero attached hydrogens (tertiary/aromatic N) is 3. The van der Waals surface area contributed by atoms with Gasteiger partial charge in [0.1, 0.15) is 16.9 Å². The zero-order chi connectivity index (χ0) is 24.2. The van der Waals surface area contributed by atoms with E-state index in [-0.39, 0.29) is 39.1 Å². The number of hydrogen-bond donors (Lipinski definition) is 0. The lowest BCUT2D eigenvalue weighted by Crippen LogP contribution is -2.40. The predicted octanol–water partition coefficient (Wildman–Crippen LogP) is 3.89. The molecule has 0 radical (unpaired) electrons. The third-order valence-corrected chi connectivity index (χ3v) is 6.27. The number of carbonyl (C=O) groups excluding carboxylic acids is 1. The predicted molar refractivity (Wildman–Crippen MR) is 117 cm³/mol. The molecule has 33 heavy (non-hydrogen) atoms. The Labute approximate surface area is 199 Å². The van der Waals surface area contributed by atoms with Gasteiger partial charge in [-0.3, -0.25) is 0 Å². The van der Waals surface area contributed by atoms with E-state index in [2.05, 4.69) is 25.9 Å². The summed E-state index contributed by atoms with van der Waals surface area (Å²) in [7, 11) is -3.55. The lowest BCUT2D eigenvalue weighted by molar-refractivity contribution is -0.151. The molecule has 1 aromatic carbocycles. The Balaban J connectivity index is 1.62. The first-order chi connectivity index (χ1) is 15.5. The van der Waals surface area contributed by atoms with Crippen molar-refractivity contribution in [2.75, 3.05) is 19.3 Å². The Kier molecular flexibility index (Phi) is 8.08. The van der Waals surface area contributed by atoms with Crippen LogP contribution in [0.5, 0.6) is 17.5 Å². The van der Waals surface area contributed by atoms with Crippen molar-refractivity contribution < 1.29 is 36.7 Å². The summed E-state index contributed by atoms with van der Waals surface area (Å²) in [5.74, 6) is -0.851. The number of aromatic nitrogens is 2. The third kappa shape index (κ3) is 6.98. The standard InChI is InChI=1S/C20H23BrFN3O7S/c1-12(2)29-20(26)32-25-8-6-13(7-9-25)30-18-17(21)19(24-11-23-18)31-16-5-4-14(10-15(16)22)33(3,27)28/h4-5,10-13H,6-9H2,1-3H3. The minimum absolute atomic E-state index is 0.00297. The molecule has 0 N–H and O–H groups in total. The molecule has 0 atom stereocenters. The highest BCUT2D eigenvalue weighted by Gasteiger charge is 2.26. The van der Waals surface area contributed by atoms with Crippen LogP contribution < -0.4 is 9.47 Å². The van der Waals surface area contributed by atoms with E-state index in [1.165, 1.54) is 23.5 Å². The first-order valence-corrected chi connectivity index (χ1v) is 12.7. The fraction of sp³-hybridized carbons (Fsp3) is 0.450.